The molecule has 0 radical (unpaired) electrons. The third-order valence-electron chi connectivity index (χ3n) is 5.78. The maximum Gasteiger partial charge on any atom is 0.416 e. The van der Waals surface area contributed by atoms with Crippen molar-refractivity contribution >= 4 is 17.7 Å². The normalized spacial score (nSPS) is 12.1. The fourth-order valence-corrected chi connectivity index (χ4v) is 4.23. The zero-order valence-corrected chi connectivity index (χ0v) is 21.2. The average Bonchev–Trinajstić information content (AvgIpc) is 3.04. The number of aromatic nitrogens is 1. The summed E-state index contributed by atoms with van der Waals surface area (Å²) in [6, 6.07) is 0.618. The Morgan fingerprint density at radius 2 is 1.49 bits per heavy atom. The smallest absolute Gasteiger partial charge is 0.416 e. The Labute approximate surface area is 210 Å². The van der Waals surface area contributed by atoms with Crippen LogP contribution in [0.4, 0.5) is 26.3 Å². The Bertz CT molecular complexity index is 1160. The molecule has 1 heterocycles. The van der Waals surface area contributed by atoms with E-state index in [-0.39, 0.29) is 29.8 Å². The number of carbonyl (C=O) groups excluding carboxylic acids is 3. The Balaban J connectivity index is 2.58. The van der Waals surface area contributed by atoms with E-state index in [9.17, 15) is 40.7 Å². The molecule has 0 N–H and O–H groups in total. The van der Waals surface area contributed by atoms with Gasteiger partial charge >= 0.3 is 18.3 Å². The summed E-state index contributed by atoms with van der Waals surface area (Å²) >= 11 is 0. The van der Waals surface area contributed by atoms with Gasteiger partial charge in [-0.1, -0.05) is 13.8 Å². The maximum absolute atomic E-state index is 13.3. The molecule has 204 valence electrons. The standard InChI is InChI=1S/C25H28F6N2O4/c1-7-33-15(5)20(14(4)21(33)23(36)37-6)19(34)12-32(11-13(2)3)22(35)16-8-17(24(26,27)28)10-18(9-16)25(29,30)31/h8-10,13H,7,11-12H2,1-6H3. The summed E-state index contributed by atoms with van der Waals surface area (Å²) in [5, 5.41) is 0. The summed E-state index contributed by atoms with van der Waals surface area (Å²) in [5.41, 5.74) is -3.12. The summed E-state index contributed by atoms with van der Waals surface area (Å²) in [5.74, 6) is -2.72. The Morgan fingerprint density at radius 1 is 0.973 bits per heavy atom. The van der Waals surface area contributed by atoms with Crippen LogP contribution in [0.3, 0.4) is 0 Å². The van der Waals surface area contributed by atoms with Crippen molar-refractivity contribution in [2.45, 2.75) is 53.5 Å². The van der Waals surface area contributed by atoms with Crippen LogP contribution in [0.1, 0.15) is 74.4 Å². The van der Waals surface area contributed by atoms with E-state index in [0.29, 0.717) is 29.9 Å². The number of methoxy groups -OCH3 is 1. The number of carbonyl (C=O) groups is 3. The van der Waals surface area contributed by atoms with E-state index in [2.05, 4.69) is 0 Å². The van der Waals surface area contributed by atoms with Gasteiger partial charge in [-0.15, -0.1) is 0 Å². The van der Waals surface area contributed by atoms with Crippen molar-refractivity contribution in [3.05, 3.63) is 57.4 Å². The summed E-state index contributed by atoms with van der Waals surface area (Å²) < 4.78 is 86.2. The third kappa shape index (κ3) is 6.53. The first-order chi connectivity index (χ1) is 16.9. The highest BCUT2D eigenvalue weighted by molar-refractivity contribution is 6.06. The molecule has 0 saturated carbocycles. The van der Waals surface area contributed by atoms with Crippen molar-refractivity contribution in [2.75, 3.05) is 20.2 Å². The Hall–Kier alpha value is -3.31. The van der Waals surface area contributed by atoms with E-state index in [1.165, 1.54) is 14.0 Å². The van der Waals surface area contributed by atoms with Gasteiger partial charge in [0.05, 0.1) is 24.8 Å². The van der Waals surface area contributed by atoms with Crippen LogP contribution in [0.25, 0.3) is 0 Å². The maximum atomic E-state index is 13.3. The Morgan fingerprint density at radius 3 is 1.89 bits per heavy atom. The first-order valence-electron chi connectivity index (χ1n) is 11.3. The molecule has 37 heavy (non-hydrogen) atoms. The average molecular weight is 534 g/mol. The van der Waals surface area contributed by atoms with Crippen LogP contribution in [0.5, 0.6) is 0 Å². The topological polar surface area (TPSA) is 68.6 Å². The number of Topliss-reactive ketones (excluding diaryl/α,β-unsaturated/α-hetero) is 1. The molecular formula is C25H28F6N2O4. The summed E-state index contributed by atoms with van der Waals surface area (Å²) in [7, 11) is 1.18. The molecule has 1 amide bonds. The zero-order chi connectivity index (χ0) is 28.5. The molecule has 0 saturated heterocycles. The number of nitrogens with zero attached hydrogens (tertiary/aromatic N) is 2. The highest BCUT2D eigenvalue weighted by Crippen LogP contribution is 2.36. The van der Waals surface area contributed by atoms with Crippen LogP contribution in [0.15, 0.2) is 18.2 Å². The van der Waals surface area contributed by atoms with Crippen LogP contribution in [0, 0.1) is 19.8 Å². The van der Waals surface area contributed by atoms with Gasteiger partial charge in [0.15, 0.2) is 5.78 Å². The first kappa shape index (κ1) is 29.9. The van der Waals surface area contributed by atoms with E-state index in [4.69, 9.17) is 4.74 Å². The fraction of sp³-hybridized carbons (Fsp3) is 0.480. The number of rotatable bonds is 8. The van der Waals surface area contributed by atoms with Gasteiger partial charge in [0.2, 0.25) is 0 Å². The van der Waals surface area contributed by atoms with Crippen molar-refractivity contribution in [1.82, 2.24) is 9.47 Å². The van der Waals surface area contributed by atoms with Gasteiger partial charge in [-0.2, -0.15) is 26.3 Å². The lowest BCUT2D eigenvalue weighted by Gasteiger charge is -2.25. The third-order valence-corrected chi connectivity index (χ3v) is 5.78. The molecule has 0 aliphatic rings. The number of benzene rings is 1. The second-order valence-electron chi connectivity index (χ2n) is 8.97. The second kappa shape index (κ2) is 11.0. The predicted molar refractivity (Wildman–Crippen MR) is 122 cm³/mol. The number of esters is 1. The van der Waals surface area contributed by atoms with E-state index >= 15 is 0 Å². The van der Waals surface area contributed by atoms with Crippen LogP contribution in [0.2, 0.25) is 0 Å². The molecule has 2 rings (SSSR count). The van der Waals surface area contributed by atoms with Crippen LogP contribution in [-0.4, -0.2) is 47.3 Å². The molecule has 1 aromatic carbocycles. The minimum Gasteiger partial charge on any atom is -0.464 e. The number of hydrogen-bond donors (Lipinski definition) is 0. The number of hydrogen-bond acceptors (Lipinski definition) is 4. The van der Waals surface area contributed by atoms with Gasteiger partial charge in [0.25, 0.3) is 5.91 Å². The number of halogens is 6. The molecule has 12 heteroatoms. The van der Waals surface area contributed by atoms with Gasteiger partial charge in [-0.25, -0.2) is 4.79 Å². The van der Waals surface area contributed by atoms with Gasteiger partial charge in [-0.3, -0.25) is 9.59 Å². The number of amides is 1. The SMILES string of the molecule is CCn1c(C)c(C(=O)CN(CC(C)C)C(=O)c2cc(C(F)(F)F)cc(C(F)(F)F)c2)c(C)c1C(=O)OC. The quantitative estimate of drug-likeness (QED) is 0.239. The molecule has 1 aromatic heterocycles. The summed E-state index contributed by atoms with van der Waals surface area (Å²) in [4.78, 5) is 39.8. The largest absolute Gasteiger partial charge is 0.464 e. The predicted octanol–water partition coefficient (Wildman–Crippen LogP) is 5.93. The Kier molecular flexibility index (Phi) is 8.87. The van der Waals surface area contributed by atoms with Crippen molar-refractivity contribution in [3.8, 4) is 0 Å². The van der Waals surface area contributed by atoms with Crippen molar-refractivity contribution in [2.24, 2.45) is 5.92 Å². The van der Waals surface area contributed by atoms with Gasteiger partial charge in [0.1, 0.15) is 5.69 Å². The van der Waals surface area contributed by atoms with Crippen molar-refractivity contribution in [1.29, 1.82) is 0 Å². The minimum absolute atomic E-state index is 0.0662. The fourth-order valence-electron chi connectivity index (χ4n) is 4.23. The van der Waals surface area contributed by atoms with Crippen LogP contribution in [-0.2, 0) is 23.6 Å². The second-order valence-corrected chi connectivity index (χ2v) is 8.97. The molecule has 0 unspecified atom stereocenters. The van der Waals surface area contributed by atoms with Crippen LogP contribution < -0.4 is 0 Å². The highest BCUT2D eigenvalue weighted by atomic mass is 19.4. The lowest BCUT2D eigenvalue weighted by atomic mass is 10.0. The molecule has 0 spiro atoms. The summed E-state index contributed by atoms with van der Waals surface area (Å²) in [6.45, 7) is 7.80. The molecule has 0 fully saturated rings. The van der Waals surface area contributed by atoms with Gasteiger partial charge in [-0.05, 0) is 50.5 Å². The van der Waals surface area contributed by atoms with Gasteiger partial charge < -0.3 is 14.2 Å². The van der Waals surface area contributed by atoms with E-state index in [0.717, 1.165) is 4.90 Å². The zero-order valence-electron chi connectivity index (χ0n) is 21.2. The van der Waals surface area contributed by atoms with Gasteiger partial charge in [0, 0.05) is 29.9 Å². The monoisotopic (exact) mass is 534 g/mol. The molecule has 0 aliphatic heterocycles. The number of ketones is 1. The molecule has 0 atom stereocenters. The number of alkyl halides is 6. The van der Waals surface area contributed by atoms with Crippen LogP contribution >= 0.6 is 0 Å². The molecular weight excluding hydrogens is 506 g/mol. The lowest BCUT2D eigenvalue weighted by molar-refractivity contribution is -0.143. The molecule has 6 nitrogen and oxygen atoms in total. The molecule has 0 bridgehead atoms. The number of ether oxygens (including phenoxy) is 1. The van der Waals surface area contributed by atoms with E-state index in [1.807, 2.05) is 0 Å². The summed E-state index contributed by atoms with van der Waals surface area (Å²) in [6.07, 6.45) is -10.3. The lowest BCUT2D eigenvalue weighted by Crippen LogP contribution is -2.38. The minimum atomic E-state index is -5.13. The van der Waals surface area contributed by atoms with Crippen molar-refractivity contribution < 1.29 is 45.5 Å². The van der Waals surface area contributed by atoms with E-state index < -0.39 is 53.2 Å². The highest BCUT2D eigenvalue weighted by Gasteiger charge is 2.38. The van der Waals surface area contributed by atoms with E-state index in [1.54, 1.807) is 32.3 Å². The molecule has 0 aliphatic carbocycles. The first-order valence-corrected chi connectivity index (χ1v) is 11.3. The van der Waals surface area contributed by atoms with Crippen molar-refractivity contribution in [3.63, 3.8) is 0 Å². The molecule has 2 aromatic rings.